The quantitative estimate of drug-likeness (QED) is 0.814. The maximum absolute atomic E-state index is 10.9. The van der Waals surface area contributed by atoms with Crippen molar-refractivity contribution in [2.24, 2.45) is 0 Å². The zero-order valence-electron chi connectivity index (χ0n) is 10.1. The summed E-state index contributed by atoms with van der Waals surface area (Å²) in [6.45, 7) is 1.96. The first-order chi connectivity index (χ1) is 8.88. The Morgan fingerprint density at radius 3 is 2.89 bits per heavy atom. The normalized spacial score (nSPS) is 14.0. The van der Waals surface area contributed by atoms with Gasteiger partial charge in [0.1, 0.15) is 6.29 Å². The molecule has 0 fully saturated rings. The number of nitrogens with one attached hydrogen (secondary N) is 1. The van der Waals surface area contributed by atoms with Crippen molar-refractivity contribution in [3.63, 3.8) is 0 Å². The third-order valence-electron chi connectivity index (χ3n) is 3.48. The van der Waals surface area contributed by atoms with Gasteiger partial charge in [-0.15, -0.1) is 0 Å². The van der Waals surface area contributed by atoms with E-state index in [9.17, 15) is 4.79 Å². The highest BCUT2D eigenvalue weighted by Crippen LogP contribution is 2.28. The molecule has 0 bridgehead atoms. The minimum atomic E-state index is 0.730. The molecule has 1 N–H and O–H groups in total. The molecule has 1 aliphatic rings. The highest BCUT2D eigenvalue weighted by Gasteiger charge is 2.13. The summed E-state index contributed by atoms with van der Waals surface area (Å²) in [5, 5.41) is 3.41. The third kappa shape index (κ3) is 1.95. The molecule has 90 valence electrons. The number of carbonyl (C=O) groups excluding carboxylic acids is 1. The molecular weight excluding hydrogens is 222 g/mol. The van der Waals surface area contributed by atoms with E-state index in [4.69, 9.17) is 0 Å². The number of hydrogen-bond acceptors (Lipinski definition) is 2. The lowest BCUT2D eigenvalue weighted by molar-refractivity contribution is 0.112. The number of fused-ring (bicyclic) bond motifs is 1. The fraction of sp³-hybridized carbons (Fsp3) is 0.188. The summed E-state index contributed by atoms with van der Waals surface area (Å²) in [6, 6.07) is 14.2. The van der Waals surface area contributed by atoms with Gasteiger partial charge in [-0.25, -0.2) is 0 Å². The van der Waals surface area contributed by atoms with Crippen LogP contribution in [0, 0.1) is 0 Å². The molecule has 1 heterocycles. The number of carbonyl (C=O) groups is 1. The topological polar surface area (TPSA) is 29.1 Å². The fourth-order valence-electron chi connectivity index (χ4n) is 2.56. The van der Waals surface area contributed by atoms with Crippen LogP contribution in [0.5, 0.6) is 0 Å². The van der Waals surface area contributed by atoms with Crippen LogP contribution in [0.2, 0.25) is 0 Å². The average Bonchev–Trinajstić information content (AvgIpc) is 2.47. The Morgan fingerprint density at radius 2 is 2.00 bits per heavy atom. The van der Waals surface area contributed by atoms with Gasteiger partial charge in [-0.2, -0.15) is 0 Å². The summed E-state index contributed by atoms with van der Waals surface area (Å²) in [5.41, 5.74) is 5.88. The van der Waals surface area contributed by atoms with Crippen LogP contribution in [-0.4, -0.2) is 12.8 Å². The van der Waals surface area contributed by atoms with Gasteiger partial charge in [0.05, 0.1) is 0 Å². The van der Waals surface area contributed by atoms with Gasteiger partial charge in [0.2, 0.25) is 0 Å². The smallest absolute Gasteiger partial charge is 0.150 e. The summed E-state index contributed by atoms with van der Waals surface area (Å²) < 4.78 is 0. The largest absolute Gasteiger partial charge is 0.312 e. The number of rotatable bonds is 2. The van der Waals surface area contributed by atoms with Gasteiger partial charge in [0, 0.05) is 12.1 Å². The van der Waals surface area contributed by atoms with Crippen molar-refractivity contribution in [3.05, 3.63) is 59.2 Å². The molecule has 0 saturated heterocycles. The van der Waals surface area contributed by atoms with E-state index >= 15 is 0 Å². The molecule has 2 nitrogen and oxygen atoms in total. The molecule has 0 saturated carbocycles. The van der Waals surface area contributed by atoms with Gasteiger partial charge < -0.3 is 5.32 Å². The predicted octanol–water partition coefficient (Wildman–Crippen LogP) is 2.81. The molecule has 2 heteroatoms. The van der Waals surface area contributed by atoms with Gasteiger partial charge in [0.15, 0.2) is 0 Å². The Balaban J connectivity index is 2.13. The number of benzene rings is 2. The minimum absolute atomic E-state index is 0.730. The van der Waals surface area contributed by atoms with Crippen molar-refractivity contribution in [3.8, 4) is 11.1 Å². The lowest BCUT2D eigenvalue weighted by Crippen LogP contribution is -2.24. The second-order valence-electron chi connectivity index (χ2n) is 4.61. The number of aldehydes is 1. The van der Waals surface area contributed by atoms with E-state index in [1.165, 1.54) is 16.7 Å². The Bertz CT molecular complexity index is 589. The summed E-state index contributed by atoms with van der Waals surface area (Å²) in [5.74, 6) is 0. The Labute approximate surface area is 107 Å². The van der Waals surface area contributed by atoms with E-state index in [1.807, 2.05) is 18.2 Å². The SMILES string of the molecule is O=Cc1cccc(-c2cccc3c2CNCC3)c1. The van der Waals surface area contributed by atoms with Crippen LogP contribution in [0.15, 0.2) is 42.5 Å². The molecule has 0 atom stereocenters. The lowest BCUT2D eigenvalue weighted by Gasteiger charge is -2.20. The van der Waals surface area contributed by atoms with Gasteiger partial charge in [-0.1, -0.05) is 36.4 Å². The zero-order chi connectivity index (χ0) is 12.4. The van der Waals surface area contributed by atoms with Crippen LogP contribution in [-0.2, 0) is 13.0 Å². The van der Waals surface area contributed by atoms with Crippen LogP contribution in [0.25, 0.3) is 11.1 Å². The standard InChI is InChI=1S/C16H15NO/c18-11-12-3-1-5-14(9-12)15-6-2-4-13-7-8-17-10-16(13)15/h1-6,9,11,17H,7-8,10H2. The van der Waals surface area contributed by atoms with E-state index < -0.39 is 0 Å². The first kappa shape index (κ1) is 11.2. The Kier molecular flexibility index (Phi) is 2.95. The molecular formula is C16H15NO. The zero-order valence-corrected chi connectivity index (χ0v) is 10.1. The average molecular weight is 237 g/mol. The van der Waals surface area contributed by atoms with Crippen LogP contribution in [0.1, 0.15) is 21.5 Å². The van der Waals surface area contributed by atoms with Crippen molar-refractivity contribution in [1.82, 2.24) is 5.32 Å². The van der Waals surface area contributed by atoms with Crippen molar-refractivity contribution >= 4 is 6.29 Å². The molecule has 1 aliphatic heterocycles. The first-order valence-corrected chi connectivity index (χ1v) is 6.25. The van der Waals surface area contributed by atoms with Gasteiger partial charge in [-0.3, -0.25) is 4.79 Å². The lowest BCUT2D eigenvalue weighted by atomic mass is 9.91. The molecule has 0 amide bonds. The van der Waals surface area contributed by atoms with Crippen LogP contribution in [0.3, 0.4) is 0 Å². The van der Waals surface area contributed by atoms with Gasteiger partial charge in [-0.05, 0) is 41.3 Å². The first-order valence-electron chi connectivity index (χ1n) is 6.25. The van der Waals surface area contributed by atoms with E-state index in [0.29, 0.717) is 0 Å². The summed E-state index contributed by atoms with van der Waals surface area (Å²) in [7, 11) is 0. The van der Waals surface area contributed by atoms with Gasteiger partial charge in [0.25, 0.3) is 0 Å². The van der Waals surface area contributed by atoms with Crippen molar-refractivity contribution < 1.29 is 4.79 Å². The molecule has 3 rings (SSSR count). The molecule has 0 spiro atoms. The van der Waals surface area contributed by atoms with Crippen LogP contribution < -0.4 is 5.32 Å². The van der Waals surface area contributed by atoms with Gasteiger partial charge >= 0.3 is 0 Å². The maximum atomic E-state index is 10.9. The highest BCUT2D eigenvalue weighted by molar-refractivity contribution is 5.80. The predicted molar refractivity (Wildman–Crippen MR) is 72.7 cm³/mol. The molecule has 2 aromatic rings. The third-order valence-corrected chi connectivity index (χ3v) is 3.48. The summed E-state index contributed by atoms with van der Waals surface area (Å²) in [4.78, 5) is 10.9. The molecule has 0 aliphatic carbocycles. The summed E-state index contributed by atoms with van der Waals surface area (Å²) >= 11 is 0. The second-order valence-corrected chi connectivity index (χ2v) is 4.61. The van der Waals surface area contributed by atoms with Crippen LogP contribution >= 0.6 is 0 Å². The van der Waals surface area contributed by atoms with E-state index in [0.717, 1.165) is 36.9 Å². The maximum Gasteiger partial charge on any atom is 0.150 e. The molecule has 18 heavy (non-hydrogen) atoms. The Hall–Kier alpha value is -1.93. The Morgan fingerprint density at radius 1 is 1.11 bits per heavy atom. The molecule has 0 aromatic heterocycles. The summed E-state index contributed by atoms with van der Waals surface area (Å²) in [6.07, 6.45) is 1.98. The highest BCUT2D eigenvalue weighted by atomic mass is 16.1. The van der Waals surface area contributed by atoms with Crippen molar-refractivity contribution in [2.45, 2.75) is 13.0 Å². The fourth-order valence-corrected chi connectivity index (χ4v) is 2.56. The van der Waals surface area contributed by atoms with E-state index in [2.05, 4.69) is 29.6 Å². The number of hydrogen-bond donors (Lipinski definition) is 1. The minimum Gasteiger partial charge on any atom is -0.312 e. The molecule has 0 unspecified atom stereocenters. The molecule has 2 aromatic carbocycles. The van der Waals surface area contributed by atoms with Crippen LogP contribution in [0.4, 0.5) is 0 Å². The van der Waals surface area contributed by atoms with E-state index in [-0.39, 0.29) is 0 Å². The molecule has 0 radical (unpaired) electrons. The van der Waals surface area contributed by atoms with Crippen molar-refractivity contribution in [2.75, 3.05) is 6.54 Å². The monoisotopic (exact) mass is 237 g/mol. The second kappa shape index (κ2) is 4.75. The van der Waals surface area contributed by atoms with Crippen molar-refractivity contribution in [1.29, 1.82) is 0 Å². The van der Waals surface area contributed by atoms with E-state index in [1.54, 1.807) is 0 Å².